The molecule has 0 heterocycles. The molecule has 2 rings (SSSR count). The van der Waals surface area contributed by atoms with Gasteiger partial charge in [-0.2, -0.15) is 21.6 Å². The molecule has 0 aliphatic carbocycles. The average Bonchev–Trinajstić information content (AvgIpc) is 2.35. The second kappa shape index (κ2) is 5.93. The van der Waals surface area contributed by atoms with Gasteiger partial charge >= 0.3 is 16.3 Å². The minimum absolute atomic E-state index is 0.240. The third-order valence-electron chi connectivity index (χ3n) is 2.77. The average molecular weight is 367 g/mol. The number of hydrogen-bond donors (Lipinski definition) is 1. The van der Waals surface area contributed by atoms with Crippen LogP contribution in [0, 0.1) is 6.92 Å². The summed E-state index contributed by atoms with van der Waals surface area (Å²) in [5.74, 6) is -0.485. The molecule has 0 amide bonds. The van der Waals surface area contributed by atoms with Gasteiger partial charge in [0.15, 0.2) is 0 Å². The molecule has 0 atom stereocenters. The van der Waals surface area contributed by atoms with Gasteiger partial charge in [0.05, 0.1) is 10.6 Å². The van der Waals surface area contributed by atoms with E-state index in [1.54, 1.807) is 6.92 Å². The molecule has 0 aromatic heterocycles. The molecular weight excluding hydrogens is 357 g/mol. The summed E-state index contributed by atoms with van der Waals surface area (Å²) in [6, 6.07) is 5.57. The van der Waals surface area contributed by atoms with E-state index in [0.29, 0.717) is 17.7 Å². The highest BCUT2D eigenvalue weighted by Crippen LogP contribution is 2.34. The Labute approximate surface area is 135 Å². The smallest absolute Gasteiger partial charge is 0.416 e. The Morgan fingerprint density at radius 2 is 1.78 bits per heavy atom. The van der Waals surface area contributed by atoms with Crippen LogP contribution in [0.2, 0.25) is 5.02 Å². The van der Waals surface area contributed by atoms with E-state index in [9.17, 15) is 26.7 Å². The quantitative estimate of drug-likeness (QED) is 0.829. The molecule has 0 bridgehead atoms. The molecule has 124 valence electrons. The molecule has 0 saturated heterocycles. The molecule has 2 aromatic carbocycles. The number of aromatic hydroxyl groups is 1. The van der Waals surface area contributed by atoms with Gasteiger partial charge in [0.25, 0.3) is 0 Å². The van der Waals surface area contributed by atoms with Crippen LogP contribution < -0.4 is 4.18 Å². The molecule has 0 unspecified atom stereocenters. The lowest BCUT2D eigenvalue weighted by Gasteiger charge is -2.12. The number of phenolic OH excluding ortho intramolecular Hbond substituents is 1. The van der Waals surface area contributed by atoms with Gasteiger partial charge in [-0.15, -0.1) is 0 Å². The van der Waals surface area contributed by atoms with Crippen LogP contribution in [0.5, 0.6) is 11.5 Å². The Morgan fingerprint density at radius 1 is 1.13 bits per heavy atom. The Morgan fingerprint density at radius 3 is 2.35 bits per heavy atom. The van der Waals surface area contributed by atoms with Crippen molar-refractivity contribution in [3.05, 3.63) is 52.5 Å². The highest BCUT2D eigenvalue weighted by Gasteiger charge is 2.33. The zero-order valence-electron chi connectivity index (χ0n) is 11.6. The summed E-state index contributed by atoms with van der Waals surface area (Å²) < 4.78 is 67.2. The summed E-state index contributed by atoms with van der Waals surface area (Å²) in [4.78, 5) is -0.810. The van der Waals surface area contributed by atoms with E-state index in [-0.39, 0.29) is 11.5 Å². The maximum atomic E-state index is 12.7. The van der Waals surface area contributed by atoms with Crippen LogP contribution in [-0.4, -0.2) is 13.5 Å². The number of aryl methyl sites for hydroxylation is 1. The van der Waals surface area contributed by atoms with Crippen molar-refractivity contribution in [2.24, 2.45) is 0 Å². The fraction of sp³-hybridized carbons (Fsp3) is 0.143. The highest BCUT2D eigenvalue weighted by atomic mass is 35.5. The fourth-order valence-electron chi connectivity index (χ4n) is 1.82. The van der Waals surface area contributed by atoms with Gasteiger partial charge in [0.2, 0.25) is 0 Å². The molecule has 2 aromatic rings. The molecule has 0 aliphatic rings. The van der Waals surface area contributed by atoms with Gasteiger partial charge < -0.3 is 9.29 Å². The van der Waals surface area contributed by atoms with Gasteiger partial charge in [0, 0.05) is 6.07 Å². The van der Waals surface area contributed by atoms with E-state index in [0.717, 1.165) is 12.1 Å². The molecule has 0 saturated carbocycles. The van der Waals surface area contributed by atoms with Crippen LogP contribution in [0.1, 0.15) is 11.1 Å². The van der Waals surface area contributed by atoms with Gasteiger partial charge in [-0.05, 0) is 42.8 Å². The molecular formula is C14H10ClF3O4S. The number of halogens is 4. The van der Waals surface area contributed by atoms with Crippen molar-refractivity contribution in [2.45, 2.75) is 18.0 Å². The van der Waals surface area contributed by atoms with Crippen LogP contribution in [0.3, 0.4) is 0 Å². The van der Waals surface area contributed by atoms with Crippen molar-refractivity contribution in [3.8, 4) is 11.5 Å². The van der Waals surface area contributed by atoms with E-state index in [4.69, 9.17) is 15.8 Å². The second-order valence-corrected chi connectivity index (χ2v) is 6.61. The second-order valence-electron chi connectivity index (χ2n) is 4.68. The standard InChI is InChI=1S/C14H10ClF3O4S/c1-8-4-10(19)7-11(5-8)22-23(20,21)13-6-9(14(16,17)18)2-3-12(13)15/h2-7,19H,1H3. The summed E-state index contributed by atoms with van der Waals surface area (Å²) >= 11 is 5.68. The van der Waals surface area contributed by atoms with Crippen molar-refractivity contribution in [1.29, 1.82) is 0 Å². The Bertz CT molecular complexity index is 827. The predicted molar refractivity (Wildman–Crippen MR) is 77.1 cm³/mol. The number of benzene rings is 2. The van der Waals surface area contributed by atoms with Crippen molar-refractivity contribution in [2.75, 3.05) is 0 Å². The Kier molecular flexibility index (Phi) is 4.50. The first-order valence-corrected chi connectivity index (χ1v) is 7.89. The van der Waals surface area contributed by atoms with Crippen molar-refractivity contribution in [1.82, 2.24) is 0 Å². The van der Waals surface area contributed by atoms with Crippen LogP contribution in [0.4, 0.5) is 13.2 Å². The summed E-state index contributed by atoms with van der Waals surface area (Å²) in [6.45, 7) is 1.58. The van der Waals surface area contributed by atoms with Crippen molar-refractivity contribution >= 4 is 21.7 Å². The monoisotopic (exact) mass is 366 g/mol. The predicted octanol–water partition coefficient (Wildman–Crippen LogP) is 4.14. The number of alkyl halides is 3. The third-order valence-corrected chi connectivity index (χ3v) is 4.50. The Balaban J connectivity index is 2.47. The third kappa shape index (κ3) is 4.08. The SMILES string of the molecule is Cc1cc(O)cc(OS(=O)(=O)c2cc(C(F)(F)F)ccc2Cl)c1. The molecule has 0 aliphatic heterocycles. The van der Waals surface area contributed by atoms with E-state index in [1.807, 2.05) is 0 Å². The minimum Gasteiger partial charge on any atom is -0.508 e. The maximum Gasteiger partial charge on any atom is 0.416 e. The van der Waals surface area contributed by atoms with Crippen molar-refractivity contribution in [3.63, 3.8) is 0 Å². The van der Waals surface area contributed by atoms with Gasteiger partial charge in [-0.3, -0.25) is 0 Å². The molecule has 23 heavy (non-hydrogen) atoms. The first-order chi connectivity index (χ1) is 10.5. The summed E-state index contributed by atoms with van der Waals surface area (Å²) in [7, 11) is -4.60. The van der Waals surface area contributed by atoms with Crippen LogP contribution in [-0.2, 0) is 16.3 Å². The number of phenols is 1. The van der Waals surface area contributed by atoms with Gasteiger partial charge in [-0.25, -0.2) is 0 Å². The first kappa shape index (κ1) is 17.4. The van der Waals surface area contributed by atoms with Crippen LogP contribution in [0.25, 0.3) is 0 Å². The molecule has 1 N–H and O–H groups in total. The summed E-state index contributed by atoms with van der Waals surface area (Å²) in [5.41, 5.74) is -0.665. The summed E-state index contributed by atoms with van der Waals surface area (Å²) in [6.07, 6.45) is -4.73. The largest absolute Gasteiger partial charge is 0.508 e. The van der Waals surface area contributed by atoms with Crippen molar-refractivity contribution < 1.29 is 30.9 Å². The van der Waals surface area contributed by atoms with E-state index in [1.165, 1.54) is 12.1 Å². The lowest BCUT2D eigenvalue weighted by Crippen LogP contribution is -2.13. The number of hydrogen-bond acceptors (Lipinski definition) is 4. The zero-order chi connectivity index (χ0) is 17.4. The lowest BCUT2D eigenvalue weighted by atomic mass is 10.2. The van der Waals surface area contributed by atoms with Gasteiger partial charge in [0.1, 0.15) is 16.4 Å². The Hall–Kier alpha value is -1.93. The fourth-order valence-corrected chi connectivity index (χ4v) is 3.24. The zero-order valence-corrected chi connectivity index (χ0v) is 13.1. The molecule has 9 heteroatoms. The molecule has 0 fully saturated rings. The maximum absolute atomic E-state index is 12.7. The lowest BCUT2D eigenvalue weighted by molar-refractivity contribution is -0.137. The van der Waals surface area contributed by atoms with Gasteiger partial charge in [-0.1, -0.05) is 11.6 Å². The minimum atomic E-state index is -4.73. The summed E-state index contributed by atoms with van der Waals surface area (Å²) in [5, 5.41) is 9.01. The first-order valence-electron chi connectivity index (χ1n) is 6.11. The normalized spacial score (nSPS) is 12.2. The molecule has 0 spiro atoms. The van der Waals surface area contributed by atoms with Crippen LogP contribution >= 0.6 is 11.6 Å². The van der Waals surface area contributed by atoms with E-state index >= 15 is 0 Å². The highest BCUT2D eigenvalue weighted by molar-refractivity contribution is 7.87. The van der Waals surface area contributed by atoms with E-state index in [2.05, 4.69) is 0 Å². The van der Waals surface area contributed by atoms with E-state index < -0.39 is 31.8 Å². The van der Waals surface area contributed by atoms with Crippen LogP contribution in [0.15, 0.2) is 41.3 Å². The molecule has 4 nitrogen and oxygen atoms in total. The number of rotatable bonds is 3. The topological polar surface area (TPSA) is 63.6 Å². The molecule has 0 radical (unpaired) electrons.